The van der Waals surface area contributed by atoms with Gasteiger partial charge in [-0.25, -0.2) is 4.39 Å². The summed E-state index contributed by atoms with van der Waals surface area (Å²) >= 11 is 0. The fraction of sp³-hybridized carbons (Fsp3) is 0.417. The molecule has 1 N–H and O–H groups in total. The van der Waals surface area contributed by atoms with E-state index < -0.39 is 11.4 Å². The van der Waals surface area contributed by atoms with Gasteiger partial charge in [0.15, 0.2) is 0 Å². The maximum absolute atomic E-state index is 13.1. The van der Waals surface area contributed by atoms with E-state index in [0.29, 0.717) is 18.5 Å². The minimum Gasteiger partial charge on any atom is -0.481 e. The largest absolute Gasteiger partial charge is 0.481 e. The molecule has 0 saturated carbocycles. The molecule has 16 heavy (non-hydrogen) atoms. The molecule has 0 spiro atoms. The zero-order valence-corrected chi connectivity index (χ0v) is 9.11. The number of nitrogens with zero attached hydrogens (tertiary/aromatic N) is 1. The Morgan fingerprint density at radius 2 is 2.31 bits per heavy atom. The third-order valence-corrected chi connectivity index (χ3v) is 3.25. The number of hydrogen-bond acceptors (Lipinski definition) is 2. The highest BCUT2D eigenvalue weighted by Gasteiger charge is 2.45. The number of halogens is 1. The molecule has 1 aliphatic rings. The minimum atomic E-state index is -0.948. The molecule has 0 amide bonds. The number of rotatable bonds is 2. The topological polar surface area (TPSA) is 40.5 Å². The zero-order valence-electron chi connectivity index (χ0n) is 9.11. The molecule has 0 aromatic heterocycles. The lowest BCUT2D eigenvalue weighted by molar-refractivity contribution is -0.143. The highest BCUT2D eigenvalue weighted by atomic mass is 19.1. The average molecular weight is 223 g/mol. The van der Waals surface area contributed by atoms with Crippen molar-refractivity contribution >= 4 is 5.97 Å². The molecule has 1 aromatic rings. The average Bonchev–Trinajstić information content (AvgIpc) is 2.62. The summed E-state index contributed by atoms with van der Waals surface area (Å²) in [5, 5.41) is 9.38. The van der Waals surface area contributed by atoms with E-state index >= 15 is 0 Å². The van der Waals surface area contributed by atoms with Crippen molar-refractivity contribution in [2.45, 2.75) is 11.8 Å². The van der Waals surface area contributed by atoms with Gasteiger partial charge in [0.05, 0.1) is 0 Å². The van der Waals surface area contributed by atoms with Crippen LogP contribution in [0.2, 0.25) is 0 Å². The highest BCUT2D eigenvalue weighted by molar-refractivity contribution is 5.82. The van der Waals surface area contributed by atoms with Crippen LogP contribution in [0, 0.1) is 5.82 Å². The Labute approximate surface area is 93.5 Å². The monoisotopic (exact) mass is 223 g/mol. The van der Waals surface area contributed by atoms with Gasteiger partial charge < -0.3 is 10.0 Å². The molecule has 0 aliphatic carbocycles. The van der Waals surface area contributed by atoms with Crippen LogP contribution in [0.15, 0.2) is 24.3 Å². The SMILES string of the molecule is CN1CCC(C(=O)O)(c2cccc(F)c2)C1. The summed E-state index contributed by atoms with van der Waals surface area (Å²) in [5.74, 6) is -1.25. The van der Waals surface area contributed by atoms with Gasteiger partial charge in [0.25, 0.3) is 0 Å². The third kappa shape index (κ3) is 1.69. The predicted octanol–water partition coefficient (Wildman–Crippen LogP) is 1.48. The summed E-state index contributed by atoms with van der Waals surface area (Å²) in [6, 6.07) is 5.91. The third-order valence-electron chi connectivity index (χ3n) is 3.25. The number of benzene rings is 1. The van der Waals surface area contributed by atoms with E-state index in [1.54, 1.807) is 12.1 Å². The zero-order chi connectivity index (χ0) is 11.8. The Morgan fingerprint density at radius 3 is 2.81 bits per heavy atom. The first kappa shape index (κ1) is 11.1. The number of carboxylic acid groups (broad SMARTS) is 1. The molecule has 0 radical (unpaired) electrons. The summed E-state index contributed by atoms with van der Waals surface area (Å²) in [5.41, 5.74) is -0.388. The van der Waals surface area contributed by atoms with Gasteiger partial charge in [0.2, 0.25) is 0 Å². The van der Waals surface area contributed by atoms with Gasteiger partial charge in [-0.15, -0.1) is 0 Å². The van der Waals surface area contributed by atoms with Gasteiger partial charge in [-0.05, 0) is 37.7 Å². The maximum Gasteiger partial charge on any atom is 0.315 e. The fourth-order valence-electron chi connectivity index (χ4n) is 2.32. The van der Waals surface area contributed by atoms with Crippen molar-refractivity contribution in [3.8, 4) is 0 Å². The Kier molecular flexibility index (Phi) is 2.68. The van der Waals surface area contributed by atoms with Crippen molar-refractivity contribution in [2.75, 3.05) is 20.1 Å². The van der Waals surface area contributed by atoms with E-state index in [-0.39, 0.29) is 5.82 Å². The quantitative estimate of drug-likeness (QED) is 0.825. The molecule has 1 saturated heterocycles. The molecule has 3 nitrogen and oxygen atoms in total. The standard InChI is InChI=1S/C12H14FNO2/c1-14-6-5-12(8-14,11(15)16)9-3-2-4-10(13)7-9/h2-4,7H,5-6,8H2,1H3,(H,15,16). The van der Waals surface area contributed by atoms with E-state index in [9.17, 15) is 14.3 Å². The van der Waals surface area contributed by atoms with Gasteiger partial charge in [0.1, 0.15) is 11.2 Å². The summed E-state index contributed by atoms with van der Waals surface area (Å²) in [6.45, 7) is 1.16. The molecule has 1 unspecified atom stereocenters. The lowest BCUT2D eigenvalue weighted by Gasteiger charge is -2.24. The highest BCUT2D eigenvalue weighted by Crippen LogP contribution is 2.34. The van der Waals surface area contributed by atoms with Crippen LogP contribution < -0.4 is 0 Å². The number of aliphatic carboxylic acids is 1. The molecule has 1 aromatic carbocycles. The van der Waals surface area contributed by atoms with Crippen LogP contribution in [0.5, 0.6) is 0 Å². The molecule has 1 aliphatic heterocycles. The molecule has 86 valence electrons. The van der Waals surface area contributed by atoms with E-state index in [1.165, 1.54) is 12.1 Å². The Balaban J connectivity index is 2.45. The first-order valence-electron chi connectivity index (χ1n) is 5.22. The van der Waals surface area contributed by atoms with Crippen molar-refractivity contribution < 1.29 is 14.3 Å². The second-order valence-electron chi connectivity index (χ2n) is 4.39. The predicted molar refractivity (Wildman–Crippen MR) is 57.8 cm³/mol. The Morgan fingerprint density at radius 1 is 1.56 bits per heavy atom. The van der Waals surface area contributed by atoms with E-state index in [0.717, 1.165) is 6.54 Å². The van der Waals surface area contributed by atoms with Gasteiger partial charge in [-0.3, -0.25) is 4.79 Å². The summed E-state index contributed by atoms with van der Waals surface area (Å²) in [7, 11) is 1.88. The summed E-state index contributed by atoms with van der Waals surface area (Å²) in [6.07, 6.45) is 0.530. The van der Waals surface area contributed by atoms with E-state index in [1.807, 2.05) is 11.9 Å². The smallest absolute Gasteiger partial charge is 0.315 e. The number of likely N-dealkylation sites (N-methyl/N-ethyl adjacent to an activating group) is 1. The number of carbonyl (C=O) groups is 1. The molecule has 1 atom stereocenters. The first-order chi connectivity index (χ1) is 7.54. The lowest BCUT2D eigenvalue weighted by atomic mass is 9.80. The Bertz CT molecular complexity index is 421. The Hall–Kier alpha value is -1.42. The van der Waals surface area contributed by atoms with Crippen LogP contribution in [0.1, 0.15) is 12.0 Å². The lowest BCUT2D eigenvalue weighted by Crippen LogP contribution is -2.38. The number of hydrogen-bond donors (Lipinski definition) is 1. The molecule has 0 bridgehead atoms. The van der Waals surface area contributed by atoms with Crippen LogP contribution in [-0.2, 0) is 10.2 Å². The van der Waals surface area contributed by atoms with E-state index in [4.69, 9.17) is 0 Å². The molecule has 1 heterocycles. The van der Waals surface area contributed by atoms with Gasteiger partial charge in [-0.2, -0.15) is 0 Å². The van der Waals surface area contributed by atoms with Gasteiger partial charge in [0, 0.05) is 6.54 Å². The molecular weight excluding hydrogens is 209 g/mol. The van der Waals surface area contributed by atoms with Crippen molar-refractivity contribution in [2.24, 2.45) is 0 Å². The van der Waals surface area contributed by atoms with Crippen LogP contribution in [-0.4, -0.2) is 36.1 Å². The van der Waals surface area contributed by atoms with Crippen molar-refractivity contribution in [1.29, 1.82) is 0 Å². The summed E-state index contributed by atoms with van der Waals surface area (Å²) < 4.78 is 13.1. The molecule has 4 heteroatoms. The minimum absolute atomic E-state index is 0.382. The van der Waals surface area contributed by atoms with E-state index in [2.05, 4.69) is 0 Å². The molecule has 2 rings (SSSR count). The van der Waals surface area contributed by atoms with Gasteiger partial charge >= 0.3 is 5.97 Å². The van der Waals surface area contributed by atoms with Crippen LogP contribution in [0.4, 0.5) is 4.39 Å². The van der Waals surface area contributed by atoms with Crippen LogP contribution in [0.25, 0.3) is 0 Å². The maximum atomic E-state index is 13.1. The van der Waals surface area contributed by atoms with Crippen LogP contribution >= 0.6 is 0 Å². The van der Waals surface area contributed by atoms with Crippen molar-refractivity contribution in [1.82, 2.24) is 4.90 Å². The first-order valence-corrected chi connectivity index (χ1v) is 5.22. The van der Waals surface area contributed by atoms with Crippen molar-refractivity contribution in [3.05, 3.63) is 35.6 Å². The second-order valence-corrected chi connectivity index (χ2v) is 4.39. The van der Waals surface area contributed by atoms with Gasteiger partial charge in [-0.1, -0.05) is 12.1 Å². The molecule has 1 fully saturated rings. The number of likely N-dealkylation sites (tertiary alicyclic amines) is 1. The van der Waals surface area contributed by atoms with Crippen LogP contribution in [0.3, 0.4) is 0 Å². The normalized spacial score (nSPS) is 25.9. The fourth-order valence-corrected chi connectivity index (χ4v) is 2.32. The van der Waals surface area contributed by atoms with Crippen molar-refractivity contribution in [3.63, 3.8) is 0 Å². The summed E-state index contributed by atoms with van der Waals surface area (Å²) in [4.78, 5) is 13.4. The second kappa shape index (κ2) is 3.87. The number of carboxylic acids is 1. The molecular formula is C12H14FNO2.